The van der Waals surface area contributed by atoms with Gasteiger partial charge < -0.3 is 19.6 Å². The fourth-order valence-electron chi connectivity index (χ4n) is 3.05. The number of aromatic carboxylic acids is 1. The van der Waals surface area contributed by atoms with E-state index in [4.69, 9.17) is 14.3 Å². The molecule has 2 aromatic rings. The van der Waals surface area contributed by atoms with Crippen molar-refractivity contribution in [3.63, 3.8) is 0 Å². The molecule has 3 rings (SSSR count). The number of carbonyl (C=O) groups excluding carboxylic acids is 1. The summed E-state index contributed by atoms with van der Waals surface area (Å²) in [5.41, 5.74) is 1.07. The van der Waals surface area contributed by atoms with Gasteiger partial charge in [-0.25, -0.2) is 4.79 Å². The smallest absolute Gasteiger partial charge is 0.371 e. The Kier molecular flexibility index (Phi) is 4.85. The van der Waals surface area contributed by atoms with Gasteiger partial charge >= 0.3 is 5.97 Å². The molecule has 0 radical (unpaired) electrons. The van der Waals surface area contributed by atoms with Crippen LogP contribution in [0.1, 0.15) is 49.6 Å². The summed E-state index contributed by atoms with van der Waals surface area (Å²) in [6, 6.07) is 6.49. The molecule has 1 heterocycles. The van der Waals surface area contributed by atoms with Crippen molar-refractivity contribution in [1.82, 2.24) is 0 Å². The zero-order valence-corrected chi connectivity index (χ0v) is 13.6. The zero-order valence-electron chi connectivity index (χ0n) is 13.6. The van der Waals surface area contributed by atoms with E-state index in [-0.39, 0.29) is 17.8 Å². The summed E-state index contributed by atoms with van der Waals surface area (Å²) >= 11 is 0. The summed E-state index contributed by atoms with van der Waals surface area (Å²) in [5.74, 6) is -1.41. The maximum absolute atomic E-state index is 12.4. The van der Waals surface area contributed by atoms with Crippen LogP contribution >= 0.6 is 0 Å². The highest BCUT2D eigenvalue weighted by Crippen LogP contribution is 2.25. The lowest BCUT2D eigenvalue weighted by Crippen LogP contribution is -2.32. The summed E-state index contributed by atoms with van der Waals surface area (Å²) < 4.78 is 11.1. The number of carbonyl (C=O) groups is 2. The first-order valence-corrected chi connectivity index (χ1v) is 8.30. The molecule has 1 aromatic heterocycles. The fourth-order valence-corrected chi connectivity index (χ4v) is 3.05. The van der Waals surface area contributed by atoms with Crippen LogP contribution in [0, 0.1) is 0 Å². The summed E-state index contributed by atoms with van der Waals surface area (Å²) in [4.78, 5) is 23.4. The number of anilines is 1. The van der Waals surface area contributed by atoms with E-state index in [1.54, 1.807) is 18.2 Å². The SMILES string of the molecule is CCC(OC1CCCC1)C(=O)Nc1ccc2oc(C(=O)O)cc2c1. The van der Waals surface area contributed by atoms with Crippen molar-refractivity contribution in [3.8, 4) is 0 Å². The second-order valence-electron chi connectivity index (χ2n) is 6.10. The average molecular weight is 331 g/mol. The Morgan fingerprint density at radius 3 is 2.75 bits per heavy atom. The Balaban J connectivity index is 1.70. The second-order valence-corrected chi connectivity index (χ2v) is 6.10. The molecule has 6 nitrogen and oxygen atoms in total. The first-order valence-electron chi connectivity index (χ1n) is 8.30. The lowest BCUT2D eigenvalue weighted by atomic mass is 10.2. The van der Waals surface area contributed by atoms with Crippen molar-refractivity contribution >= 4 is 28.5 Å². The van der Waals surface area contributed by atoms with Gasteiger partial charge in [0, 0.05) is 11.1 Å². The number of carboxylic acids is 1. The first-order chi connectivity index (χ1) is 11.6. The minimum Gasteiger partial charge on any atom is -0.475 e. The van der Waals surface area contributed by atoms with E-state index in [1.807, 2.05) is 6.92 Å². The number of ether oxygens (including phenoxy) is 1. The number of nitrogens with one attached hydrogen (secondary N) is 1. The Morgan fingerprint density at radius 1 is 1.33 bits per heavy atom. The molecule has 0 aliphatic heterocycles. The van der Waals surface area contributed by atoms with Gasteiger partial charge in [0.25, 0.3) is 5.91 Å². The van der Waals surface area contributed by atoms with E-state index >= 15 is 0 Å². The van der Waals surface area contributed by atoms with Crippen LogP contribution in [0.25, 0.3) is 11.0 Å². The van der Waals surface area contributed by atoms with Gasteiger partial charge in [0.05, 0.1) is 6.10 Å². The molecule has 6 heteroatoms. The minimum absolute atomic E-state index is 0.121. The molecule has 128 valence electrons. The molecule has 24 heavy (non-hydrogen) atoms. The van der Waals surface area contributed by atoms with Gasteiger partial charge in [-0.15, -0.1) is 0 Å². The van der Waals surface area contributed by atoms with Crippen molar-refractivity contribution in [2.45, 2.75) is 51.2 Å². The van der Waals surface area contributed by atoms with E-state index in [0.29, 0.717) is 23.1 Å². The van der Waals surface area contributed by atoms with Crippen LogP contribution in [-0.4, -0.2) is 29.2 Å². The molecule has 0 saturated heterocycles. The number of hydrogen-bond acceptors (Lipinski definition) is 4. The second kappa shape index (κ2) is 7.05. The third kappa shape index (κ3) is 3.59. The van der Waals surface area contributed by atoms with Gasteiger partial charge in [0.2, 0.25) is 5.76 Å². The topological polar surface area (TPSA) is 88.8 Å². The van der Waals surface area contributed by atoms with E-state index in [2.05, 4.69) is 5.32 Å². The third-order valence-corrected chi connectivity index (χ3v) is 4.32. The molecular weight excluding hydrogens is 310 g/mol. The highest BCUT2D eigenvalue weighted by atomic mass is 16.5. The van der Waals surface area contributed by atoms with Gasteiger partial charge in [0.15, 0.2) is 0 Å². The van der Waals surface area contributed by atoms with Gasteiger partial charge in [0.1, 0.15) is 11.7 Å². The first kappa shape index (κ1) is 16.5. The standard InChI is InChI=1S/C18H21NO5/c1-2-14(23-13-5-3-4-6-13)17(20)19-12-7-8-15-11(9-12)10-16(24-15)18(21)22/h7-10,13-14H,2-6H2,1H3,(H,19,20)(H,21,22). The van der Waals surface area contributed by atoms with Gasteiger partial charge in [-0.1, -0.05) is 19.8 Å². The molecular formula is C18H21NO5. The summed E-state index contributed by atoms with van der Waals surface area (Å²) in [6.45, 7) is 1.93. The molecule has 0 bridgehead atoms. The van der Waals surface area contributed by atoms with E-state index < -0.39 is 12.1 Å². The maximum atomic E-state index is 12.4. The predicted octanol–water partition coefficient (Wildman–Crippen LogP) is 3.81. The highest BCUT2D eigenvalue weighted by Gasteiger charge is 2.24. The Bertz CT molecular complexity index is 745. The van der Waals surface area contributed by atoms with Crippen LogP contribution in [0.5, 0.6) is 0 Å². The number of fused-ring (bicyclic) bond motifs is 1. The maximum Gasteiger partial charge on any atom is 0.371 e. The van der Waals surface area contributed by atoms with Crippen LogP contribution in [-0.2, 0) is 9.53 Å². The Hall–Kier alpha value is -2.34. The lowest BCUT2D eigenvalue weighted by molar-refractivity contribution is -0.131. The van der Waals surface area contributed by atoms with Gasteiger partial charge in [-0.3, -0.25) is 4.79 Å². The molecule has 2 N–H and O–H groups in total. The largest absolute Gasteiger partial charge is 0.475 e. The van der Waals surface area contributed by atoms with Gasteiger partial charge in [-0.05, 0) is 43.5 Å². The molecule has 1 unspecified atom stereocenters. The Labute approximate surface area is 139 Å². The van der Waals surface area contributed by atoms with Crippen molar-refractivity contribution in [1.29, 1.82) is 0 Å². The van der Waals surface area contributed by atoms with Crippen LogP contribution in [0.4, 0.5) is 5.69 Å². The average Bonchev–Trinajstić information content (AvgIpc) is 3.21. The zero-order chi connectivity index (χ0) is 17.1. The van der Waals surface area contributed by atoms with E-state index in [1.165, 1.54) is 6.07 Å². The summed E-state index contributed by atoms with van der Waals surface area (Å²) in [5, 5.41) is 12.4. The number of benzene rings is 1. The molecule has 1 aliphatic rings. The third-order valence-electron chi connectivity index (χ3n) is 4.32. The molecule has 1 aromatic carbocycles. The predicted molar refractivity (Wildman–Crippen MR) is 89.2 cm³/mol. The van der Waals surface area contributed by atoms with Gasteiger partial charge in [-0.2, -0.15) is 0 Å². The van der Waals surface area contributed by atoms with Crippen molar-refractivity contribution in [2.75, 3.05) is 5.32 Å². The van der Waals surface area contributed by atoms with E-state index in [0.717, 1.165) is 25.7 Å². The molecule has 1 aliphatic carbocycles. The highest BCUT2D eigenvalue weighted by molar-refractivity contribution is 5.97. The monoisotopic (exact) mass is 331 g/mol. The molecule has 0 spiro atoms. The minimum atomic E-state index is -1.12. The summed E-state index contributed by atoms with van der Waals surface area (Å²) in [7, 11) is 0. The lowest BCUT2D eigenvalue weighted by Gasteiger charge is -2.20. The fraction of sp³-hybridized carbons (Fsp3) is 0.444. The number of rotatable bonds is 6. The number of amides is 1. The van der Waals surface area contributed by atoms with Crippen molar-refractivity contribution in [3.05, 3.63) is 30.0 Å². The van der Waals surface area contributed by atoms with Crippen molar-refractivity contribution < 1.29 is 23.8 Å². The van der Waals surface area contributed by atoms with Crippen LogP contribution < -0.4 is 5.32 Å². The quantitative estimate of drug-likeness (QED) is 0.840. The van der Waals surface area contributed by atoms with Crippen LogP contribution in [0.3, 0.4) is 0 Å². The number of carboxylic acid groups (broad SMARTS) is 1. The van der Waals surface area contributed by atoms with Crippen LogP contribution in [0.15, 0.2) is 28.7 Å². The number of hydrogen-bond donors (Lipinski definition) is 2. The Morgan fingerprint density at radius 2 is 2.08 bits per heavy atom. The molecule has 1 amide bonds. The molecule has 1 fully saturated rings. The molecule has 1 saturated carbocycles. The van der Waals surface area contributed by atoms with Crippen LogP contribution in [0.2, 0.25) is 0 Å². The normalized spacial score (nSPS) is 16.4. The summed E-state index contributed by atoms with van der Waals surface area (Å²) in [6.07, 6.45) is 4.67. The van der Waals surface area contributed by atoms with Crippen molar-refractivity contribution in [2.24, 2.45) is 0 Å². The van der Waals surface area contributed by atoms with E-state index in [9.17, 15) is 9.59 Å². The number of furan rings is 1. The molecule has 1 atom stereocenters.